The predicted octanol–water partition coefficient (Wildman–Crippen LogP) is 5.45. The van der Waals surface area contributed by atoms with E-state index >= 15 is 0 Å². The lowest BCUT2D eigenvalue weighted by Crippen LogP contribution is -1.99. The topological polar surface area (TPSA) is 26.3 Å². The number of fused-ring (bicyclic) bond motifs is 2. The van der Waals surface area contributed by atoms with Gasteiger partial charge in [-0.1, -0.05) is 61.5 Å². The molecule has 4 rings (SSSR count). The highest BCUT2D eigenvalue weighted by Crippen LogP contribution is 2.34. The Morgan fingerprint density at radius 2 is 1.80 bits per heavy atom. The Balaban J connectivity index is 1.84. The number of ketones is 1. The Morgan fingerprint density at radius 1 is 1.00 bits per heavy atom. The number of Topliss-reactive ketones (excluding diaryl/α,β-unsaturated/α-hetero) is 1. The molecule has 0 heterocycles. The molecule has 0 atom stereocenters. The fraction of sp³-hybridized carbons (Fsp3) is 0.174. The highest BCUT2D eigenvalue weighted by atomic mass is 16.5. The summed E-state index contributed by atoms with van der Waals surface area (Å²) in [7, 11) is 0. The van der Waals surface area contributed by atoms with Crippen molar-refractivity contribution in [3.8, 4) is 5.75 Å². The number of hydrogen-bond acceptors (Lipinski definition) is 2. The third-order valence-corrected chi connectivity index (χ3v) is 4.65. The van der Waals surface area contributed by atoms with Crippen molar-refractivity contribution in [3.63, 3.8) is 0 Å². The molecule has 0 amide bonds. The van der Waals surface area contributed by atoms with Gasteiger partial charge in [0.05, 0.1) is 6.61 Å². The van der Waals surface area contributed by atoms with Crippen LogP contribution in [0.4, 0.5) is 0 Å². The van der Waals surface area contributed by atoms with Crippen molar-refractivity contribution in [3.05, 3.63) is 82.9 Å². The van der Waals surface area contributed by atoms with E-state index in [0.29, 0.717) is 13.0 Å². The zero-order valence-corrected chi connectivity index (χ0v) is 14.3. The highest BCUT2D eigenvalue weighted by Gasteiger charge is 2.24. The van der Waals surface area contributed by atoms with Crippen LogP contribution in [-0.2, 0) is 6.42 Å². The van der Waals surface area contributed by atoms with Crippen molar-refractivity contribution >= 4 is 22.6 Å². The van der Waals surface area contributed by atoms with Crippen LogP contribution in [0.25, 0.3) is 16.8 Å². The van der Waals surface area contributed by atoms with E-state index in [-0.39, 0.29) is 5.78 Å². The fourth-order valence-electron chi connectivity index (χ4n) is 3.41. The summed E-state index contributed by atoms with van der Waals surface area (Å²) >= 11 is 0. The van der Waals surface area contributed by atoms with Crippen LogP contribution in [0.15, 0.2) is 66.2 Å². The Bertz CT molecular complexity index is 982. The summed E-state index contributed by atoms with van der Waals surface area (Å²) in [5.74, 6) is 0.974. The number of rotatable bonds is 4. The summed E-state index contributed by atoms with van der Waals surface area (Å²) in [5.41, 5.74) is 3.77. The van der Waals surface area contributed by atoms with Crippen LogP contribution in [0, 0.1) is 0 Å². The molecule has 25 heavy (non-hydrogen) atoms. The van der Waals surface area contributed by atoms with E-state index in [2.05, 4.69) is 25.1 Å². The van der Waals surface area contributed by atoms with Crippen LogP contribution < -0.4 is 4.74 Å². The van der Waals surface area contributed by atoms with Crippen LogP contribution in [0.2, 0.25) is 0 Å². The normalized spacial score (nSPS) is 14.9. The van der Waals surface area contributed by atoms with Crippen molar-refractivity contribution in [2.24, 2.45) is 0 Å². The molecule has 0 spiro atoms. The van der Waals surface area contributed by atoms with Crippen molar-refractivity contribution in [2.45, 2.75) is 19.8 Å². The number of carbonyl (C=O) groups is 1. The molecule has 0 aromatic heterocycles. The number of ether oxygens (including phenoxy) is 1. The third-order valence-electron chi connectivity index (χ3n) is 4.65. The smallest absolute Gasteiger partial charge is 0.189 e. The van der Waals surface area contributed by atoms with E-state index in [9.17, 15) is 4.79 Å². The van der Waals surface area contributed by atoms with Gasteiger partial charge in [-0.2, -0.15) is 0 Å². The van der Waals surface area contributed by atoms with E-state index in [1.165, 1.54) is 0 Å². The quantitative estimate of drug-likeness (QED) is 0.595. The molecule has 3 aromatic carbocycles. The third kappa shape index (κ3) is 2.85. The Hall–Kier alpha value is -2.87. The molecule has 0 bridgehead atoms. The van der Waals surface area contributed by atoms with Gasteiger partial charge in [0.25, 0.3) is 0 Å². The zero-order valence-electron chi connectivity index (χ0n) is 14.3. The minimum Gasteiger partial charge on any atom is -0.493 e. The van der Waals surface area contributed by atoms with Crippen LogP contribution in [0.1, 0.15) is 34.8 Å². The summed E-state index contributed by atoms with van der Waals surface area (Å²) < 4.78 is 5.96. The van der Waals surface area contributed by atoms with Crippen LogP contribution in [0.3, 0.4) is 0 Å². The molecule has 2 nitrogen and oxygen atoms in total. The summed E-state index contributed by atoms with van der Waals surface area (Å²) in [6.07, 6.45) is 3.66. The van der Waals surface area contributed by atoms with E-state index < -0.39 is 0 Å². The summed E-state index contributed by atoms with van der Waals surface area (Å²) in [4.78, 5) is 12.8. The standard InChI is InChI=1S/C23H20O2/c1-2-13-25-22-12-11-16-7-3-5-9-19(16)21(22)15-18-14-17-8-4-6-10-20(17)23(18)24/h3-12,15H,2,13-14H2,1H3/b18-15+. The lowest BCUT2D eigenvalue weighted by molar-refractivity contribution is 0.104. The maximum atomic E-state index is 12.8. The monoisotopic (exact) mass is 328 g/mol. The maximum absolute atomic E-state index is 12.8. The predicted molar refractivity (Wildman–Crippen MR) is 102 cm³/mol. The first-order chi connectivity index (χ1) is 12.3. The average Bonchev–Trinajstić information content (AvgIpc) is 2.97. The van der Waals surface area contributed by atoms with Gasteiger partial charge in [0.2, 0.25) is 0 Å². The molecular formula is C23H20O2. The molecule has 0 N–H and O–H groups in total. The first-order valence-electron chi connectivity index (χ1n) is 8.75. The number of benzene rings is 3. The molecule has 0 saturated carbocycles. The van der Waals surface area contributed by atoms with Gasteiger partial charge in [0.1, 0.15) is 5.75 Å². The van der Waals surface area contributed by atoms with Gasteiger partial charge in [0, 0.05) is 23.1 Å². The Kier molecular flexibility index (Phi) is 4.10. The van der Waals surface area contributed by atoms with Crippen LogP contribution in [-0.4, -0.2) is 12.4 Å². The lowest BCUT2D eigenvalue weighted by atomic mass is 10.00. The second kappa shape index (κ2) is 6.56. The Morgan fingerprint density at radius 3 is 2.64 bits per heavy atom. The largest absolute Gasteiger partial charge is 0.493 e. The molecule has 3 aromatic rings. The van der Waals surface area contributed by atoms with E-state index in [1.54, 1.807) is 0 Å². The zero-order chi connectivity index (χ0) is 17.2. The average molecular weight is 328 g/mol. The summed E-state index contributed by atoms with van der Waals surface area (Å²) in [6.45, 7) is 2.76. The van der Waals surface area contributed by atoms with Gasteiger partial charge in [-0.3, -0.25) is 4.79 Å². The molecule has 0 fully saturated rings. The molecule has 0 aliphatic heterocycles. The van der Waals surface area contributed by atoms with E-state index in [0.717, 1.165) is 45.2 Å². The van der Waals surface area contributed by atoms with Gasteiger partial charge in [-0.15, -0.1) is 0 Å². The van der Waals surface area contributed by atoms with Crippen LogP contribution >= 0.6 is 0 Å². The molecule has 0 saturated heterocycles. The fourth-order valence-corrected chi connectivity index (χ4v) is 3.41. The van der Waals surface area contributed by atoms with E-state index in [1.807, 2.05) is 48.5 Å². The van der Waals surface area contributed by atoms with Gasteiger partial charge < -0.3 is 4.74 Å². The van der Waals surface area contributed by atoms with Gasteiger partial charge in [-0.05, 0) is 34.9 Å². The highest BCUT2D eigenvalue weighted by molar-refractivity contribution is 6.16. The van der Waals surface area contributed by atoms with Gasteiger partial charge in [-0.25, -0.2) is 0 Å². The van der Waals surface area contributed by atoms with Crippen molar-refractivity contribution in [1.82, 2.24) is 0 Å². The molecule has 0 unspecified atom stereocenters. The first-order valence-corrected chi connectivity index (χ1v) is 8.75. The number of carbonyl (C=O) groups excluding carboxylic acids is 1. The van der Waals surface area contributed by atoms with Crippen LogP contribution in [0.5, 0.6) is 5.75 Å². The Labute approximate surface area is 147 Å². The van der Waals surface area contributed by atoms with E-state index in [4.69, 9.17) is 4.74 Å². The van der Waals surface area contributed by atoms with Crippen molar-refractivity contribution in [2.75, 3.05) is 6.61 Å². The molecule has 124 valence electrons. The minimum absolute atomic E-state index is 0.130. The number of allylic oxidation sites excluding steroid dienone is 1. The molecule has 1 aliphatic rings. The maximum Gasteiger partial charge on any atom is 0.189 e. The summed E-state index contributed by atoms with van der Waals surface area (Å²) in [6, 6.07) is 20.2. The molecule has 1 aliphatic carbocycles. The first kappa shape index (κ1) is 15.6. The SMILES string of the molecule is CCCOc1ccc2ccccc2c1/C=C1\Cc2ccccc2C1=O. The summed E-state index contributed by atoms with van der Waals surface area (Å²) in [5, 5.41) is 2.27. The number of hydrogen-bond donors (Lipinski definition) is 0. The second-order valence-electron chi connectivity index (χ2n) is 6.38. The lowest BCUT2D eigenvalue weighted by Gasteiger charge is -2.12. The second-order valence-corrected chi connectivity index (χ2v) is 6.38. The minimum atomic E-state index is 0.130. The van der Waals surface area contributed by atoms with Crippen molar-refractivity contribution < 1.29 is 9.53 Å². The van der Waals surface area contributed by atoms with Crippen molar-refractivity contribution in [1.29, 1.82) is 0 Å². The molecule has 2 heteroatoms. The molecule has 0 radical (unpaired) electrons. The van der Waals surface area contributed by atoms with Gasteiger partial charge in [0.15, 0.2) is 5.78 Å². The molecular weight excluding hydrogens is 308 g/mol. The van der Waals surface area contributed by atoms with Gasteiger partial charge >= 0.3 is 0 Å².